The lowest BCUT2D eigenvalue weighted by molar-refractivity contribution is -0.384. The van der Waals surface area contributed by atoms with E-state index in [0.29, 0.717) is 16.8 Å². The van der Waals surface area contributed by atoms with E-state index in [0.717, 1.165) is 22.4 Å². The molecule has 3 heterocycles. The molecule has 4 aromatic carbocycles. The van der Waals surface area contributed by atoms with Gasteiger partial charge >= 0.3 is 0 Å². The number of Topliss-reactive ketones (excluding diaryl/α,β-unsaturated/α-hetero) is 2. The number of fused-ring (bicyclic) bond motifs is 6. The van der Waals surface area contributed by atoms with Crippen LogP contribution in [0.5, 0.6) is 0 Å². The normalized spacial score (nSPS) is 23.2. The summed E-state index contributed by atoms with van der Waals surface area (Å²) in [4.78, 5) is 57.1. The summed E-state index contributed by atoms with van der Waals surface area (Å²) in [6, 6.07) is 25.7. The monoisotopic (exact) mass is 569 g/mol. The topological polar surface area (TPSA) is 110 Å². The molecule has 0 aliphatic carbocycles. The van der Waals surface area contributed by atoms with E-state index in [2.05, 4.69) is 5.32 Å². The van der Waals surface area contributed by atoms with Crippen LogP contribution in [0.3, 0.4) is 0 Å². The molecule has 1 fully saturated rings. The minimum Gasteiger partial charge on any atom is -0.352 e. The van der Waals surface area contributed by atoms with Gasteiger partial charge < -0.3 is 10.2 Å². The van der Waals surface area contributed by atoms with Crippen molar-refractivity contribution in [2.24, 2.45) is 5.92 Å². The molecule has 4 aromatic rings. The third-order valence-electron chi connectivity index (χ3n) is 9.08. The molecule has 0 aromatic heterocycles. The fraction of sp³-hybridized carbons (Fsp3) is 0.171. The number of nitrogens with zero attached hydrogens (tertiary/aromatic N) is 2. The smallest absolute Gasteiger partial charge is 0.270 e. The molecular weight excluding hydrogens is 542 g/mol. The van der Waals surface area contributed by atoms with Crippen molar-refractivity contribution < 1.29 is 19.3 Å². The number of allylic oxidation sites excluding steroid dienone is 1. The Morgan fingerprint density at radius 1 is 0.860 bits per heavy atom. The predicted molar refractivity (Wildman–Crippen MR) is 163 cm³/mol. The van der Waals surface area contributed by atoms with Crippen molar-refractivity contribution in [3.8, 4) is 0 Å². The number of carbonyl (C=O) groups is 3. The zero-order valence-electron chi connectivity index (χ0n) is 23.5. The van der Waals surface area contributed by atoms with Gasteiger partial charge in [0, 0.05) is 40.2 Å². The van der Waals surface area contributed by atoms with Crippen LogP contribution in [-0.4, -0.2) is 34.5 Å². The number of aryl methyl sites for hydroxylation is 1. The van der Waals surface area contributed by atoms with Crippen LogP contribution in [-0.2, 0) is 10.2 Å². The molecule has 8 heteroatoms. The average molecular weight is 570 g/mol. The first kappa shape index (κ1) is 26.5. The van der Waals surface area contributed by atoms with Gasteiger partial charge in [0.25, 0.3) is 5.69 Å². The van der Waals surface area contributed by atoms with Gasteiger partial charge in [-0.3, -0.25) is 24.5 Å². The number of rotatable bonds is 5. The molecule has 4 atom stereocenters. The van der Waals surface area contributed by atoms with E-state index in [1.165, 1.54) is 24.3 Å². The predicted octanol–water partition coefficient (Wildman–Crippen LogP) is 6.15. The van der Waals surface area contributed by atoms with Gasteiger partial charge in [0.2, 0.25) is 5.91 Å². The highest BCUT2D eigenvalue weighted by Gasteiger charge is 2.70. The fourth-order valence-electron chi connectivity index (χ4n) is 7.27. The van der Waals surface area contributed by atoms with Gasteiger partial charge in [-0.1, -0.05) is 78.4 Å². The number of hydrogen-bond acceptors (Lipinski definition) is 6. The Morgan fingerprint density at radius 2 is 1.58 bits per heavy atom. The summed E-state index contributed by atoms with van der Waals surface area (Å²) in [5.74, 6) is -2.38. The zero-order chi connectivity index (χ0) is 30.0. The number of ketones is 2. The second kappa shape index (κ2) is 9.59. The van der Waals surface area contributed by atoms with Crippen molar-refractivity contribution in [2.75, 3.05) is 10.2 Å². The molecule has 1 spiro atoms. The molecule has 0 saturated carbocycles. The number of nitro groups is 1. The van der Waals surface area contributed by atoms with E-state index in [9.17, 15) is 24.5 Å². The van der Waals surface area contributed by atoms with Crippen LogP contribution in [0.25, 0.3) is 5.57 Å². The SMILES string of the molecule is CC1=C[C@@H]2N(c3ccc(C)cc31)[C@H](C(=O)c1ccccc1)[C@@H](C(=O)c1cccc([N+](=O)[O-])c1)[C@]21C(=O)Nc2ccccc21. The lowest BCUT2D eigenvalue weighted by atomic mass is 9.64. The molecule has 3 aliphatic rings. The van der Waals surface area contributed by atoms with Crippen LogP contribution in [0, 0.1) is 23.0 Å². The number of nitro benzene ring substituents is 1. The highest BCUT2D eigenvalue weighted by atomic mass is 16.6. The van der Waals surface area contributed by atoms with Crippen LogP contribution in [0.4, 0.5) is 17.1 Å². The molecule has 1 saturated heterocycles. The minimum atomic E-state index is -1.49. The second-order valence-electron chi connectivity index (χ2n) is 11.4. The molecule has 0 radical (unpaired) electrons. The molecule has 7 rings (SSSR count). The Kier molecular flexibility index (Phi) is 5.92. The Balaban J connectivity index is 1.56. The van der Waals surface area contributed by atoms with Gasteiger partial charge in [-0.2, -0.15) is 0 Å². The van der Waals surface area contributed by atoms with Crippen molar-refractivity contribution in [1.82, 2.24) is 0 Å². The quantitative estimate of drug-likeness (QED) is 0.175. The van der Waals surface area contributed by atoms with E-state index >= 15 is 0 Å². The molecule has 0 unspecified atom stereocenters. The zero-order valence-corrected chi connectivity index (χ0v) is 23.5. The standard InChI is InChI=1S/C35H27N3O5/c1-20-15-16-28-25(17-20)21(2)18-29-35(26-13-6-7-14-27(26)36-34(35)41)30(32(39)23-11-8-12-24(19-23)38(42)43)31(37(28)29)33(40)22-9-4-3-5-10-22/h3-19,29-31H,1-2H3,(H,36,41)/t29-,30-,31-,35+/m0/s1. The van der Waals surface area contributed by atoms with Gasteiger partial charge in [-0.05, 0) is 43.2 Å². The molecule has 1 amide bonds. The Labute approximate surface area is 247 Å². The van der Waals surface area contributed by atoms with Crippen molar-refractivity contribution in [3.63, 3.8) is 0 Å². The molecule has 212 valence electrons. The number of carbonyl (C=O) groups excluding carboxylic acids is 3. The minimum absolute atomic E-state index is 0.0753. The first-order valence-corrected chi connectivity index (χ1v) is 14.1. The van der Waals surface area contributed by atoms with E-state index in [1.54, 1.807) is 30.3 Å². The van der Waals surface area contributed by atoms with Crippen LogP contribution in [0.2, 0.25) is 0 Å². The van der Waals surface area contributed by atoms with E-state index in [1.807, 2.05) is 67.3 Å². The van der Waals surface area contributed by atoms with Crippen LogP contribution < -0.4 is 10.2 Å². The van der Waals surface area contributed by atoms with Crippen molar-refractivity contribution in [2.45, 2.75) is 31.3 Å². The number of anilines is 2. The molecule has 43 heavy (non-hydrogen) atoms. The highest BCUT2D eigenvalue weighted by molar-refractivity contribution is 6.18. The van der Waals surface area contributed by atoms with Crippen LogP contribution in [0.1, 0.15) is 44.3 Å². The fourth-order valence-corrected chi connectivity index (χ4v) is 7.27. The third-order valence-corrected chi connectivity index (χ3v) is 9.08. The van der Waals surface area contributed by atoms with E-state index < -0.39 is 34.1 Å². The maximum atomic E-state index is 14.9. The second-order valence-corrected chi connectivity index (χ2v) is 11.4. The summed E-state index contributed by atoms with van der Waals surface area (Å²) in [5, 5.41) is 14.7. The number of non-ortho nitro benzene ring substituents is 1. The summed E-state index contributed by atoms with van der Waals surface area (Å²) in [7, 11) is 0. The van der Waals surface area contributed by atoms with E-state index in [4.69, 9.17) is 0 Å². The molecule has 1 N–H and O–H groups in total. The number of amides is 1. The van der Waals surface area contributed by atoms with Crippen molar-refractivity contribution >= 4 is 40.1 Å². The molecule has 3 aliphatic heterocycles. The summed E-state index contributed by atoms with van der Waals surface area (Å²) < 4.78 is 0. The van der Waals surface area contributed by atoms with Crippen LogP contribution >= 0.6 is 0 Å². The van der Waals surface area contributed by atoms with Gasteiger partial charge in [0.05, 0.1) is 16.9 Å². The van der Waals surface area contributed by atoms with Gasteiger partial charge in [-0.15, -0.1) is 0 Å². The Bertz CT molecular complexity index is 1900. The average Bonchev–Trinajstić information content (AvgIpc) is 3.49. The third kappa shape index (κ3) is 3.72. The Hall–Kier alpha value is -5.37. The summed E-state index contributed by atoms with van der Waals surface area (Å²) in [6.07, 6.45) is 2.00. The lowest BCUT2D eigenvalue weighted by Gasteiger charge is -2.39. The summed E-state index contributed by atoms with van der Waals surface area (Å²) in [5.41, 5.74) is 3.62. The maximum Gasteiger partial charge on any atom is 0.270 e. The number of benzene rings is 4. The van der Waals surface area contributed by atoms with Crippen molar-refractivity contribution in [3.05, 3.63) is 141 Å². The molecule has 8 nitrogen and oxygen atoms in total. The molecule has 0 bridgehead atoms. The first-order valence-electron chi connectivity index (χ1n) is 14.1. The Morgan fingerprint density at radius 3 is 2.35 bits per heavy atom. The van der Waals surface area contributed by atoms with Crippen LogP contribution in [0.15, 0.2) is 103 Å². The van der Waals surface area contributed by atoms with Gasteiger partial charge in [0.1, 0.15) is 11.5 Å². The summed E-state index contributed by atoms with van der Waals surface area (Å²) >= 11 is 0. The molecular formula is C35H27N3O5. The number of nitrogens with one attached hydrogen (secondary N) is 1. The first-order chi connectivity index (χ1) is 20.7. The number of para-hydroxylation sites is 1. The lowest BCUT2D eigenvalue weighted by Crippen LogP contribution is -2.51. The number of hydrogen-bond donors (Lipinski definition) is 1. The maximum absolute atomic E-state index is 14.9. The van der Waals surface area contributed by atoms with Gasteiger partial charge in [-0.25, -0.2) is 0 Å². The van der Waals surface area contributed by atoms with E-state index in [-0.39, 0.29) is 22.9 Å². The van der Waals surface area contributed by atoms with Gasteiger partial charge in [0.15, 0.2) is 11.6 Å². The largest absolute Gasteiger partial charge is 0.352 e. The van der Waals surface area contributed by atoms with Crippen molar-refractivity contribution in [1.29, 1.82) is 0 Å². The summed E-state index contributed by atoms with van der Waals surface area (Å²) in [6.45, 7) is 3.97. The highest BCUT2D eigenvalue weighted by Crippen LogP contribution is 2.59.